The number of aromatic nitrogens is 1. The van der Waals surface area contributed by atoms with Crippen LogP contribution in [0.1, 0.15) is 69.1 Å². The number of carbonyl (C=O) groups is 1. The highest BCUT2D eigenvalue weighted by atomic mass is 16.7. The van der Waals surface area contributed by atoms with Crippen molar-refractivity contribution in [2.75, 3.05) is 7.11 Å². The van der Waals surface area contributed by atoms with Crippen LogP contribution in [0, 0.1) is 0 Å². The molecule has 1 saturated heterocycles. The highest BCUT2D eigenvalue weighted by molar-refractivity contribution is 6.63. The number of hydrogen-bond acceptors (Lipinski definition) is 5. The number of esters is 1. The van der Waals surface area contributed by atoms with Gasteiger partial charge in [0.1, 0.15) is 5.69 Å². The van der Waals surface area contributed by atoms with E-state index >= 15 is 0 Å². The smallest absolute Gasteiger partial charge is 0.464 e. The Hall–Kier alpha value is -1.40. The highest BCUT2D eigenvalue weighted by Gasteiger charge is 2.52. The minimum Gasteiger partial charge on any atom is -0.464 e. The summed E-state index contributed by atoms with van der Waals surface area (Å²) in [5, 5.41) is 0. The van der Waals surface area contributed by atoms with E-state index < -0.39 is 24.3 Å². The summed E-state index contributed by atoms with van der Waals surface area (Å²) >= 11 is 0. The van der Waals surface area contributed by atoms with E-state index in [1.54, 1.807) is 0 Å². The first kappa shape index (κ1) is 16.5. The van der Waals surface area contributed by atoms with Crippen LogP contribution >= 0.6 is 0 Å². The molecule has 5 nitrogen and oxygen atoms in total. The first-order valence-corrected chi connectivity index (χ1v) is 8.20. The van der Waals surface area contributed by atoms with Gasteiger partial charge in [0.25, 0.3) is 0 Å². The third-order valence-corrected chi connectivity index (χ3v) is 5.36. The fraction of sp³-hybridized carbons (Fsp3) is 0.647. The molecule has 23 heavy (non-hydrogen) atoms. The molecule has 0 radical (unpaired) electrons. The van der Waals surface area contributed by atoms with Gasteiger partial charge in [-0.1, -0.05) is 12.5 Å². The van der Waals surface area contributed by atoms with Gasteiger partial charge in [0, 0.05) is 17.1 Å². The minimum atomic E-state index is -0.614. The fourth-order valence-electron chi connectivity index (χ4n) is 2.84. The first-order valence-electron chi connectivity index (χ1n) is 8.20. The second kappa shape index (κ2) is 5.60. The first-order chi connectivity index (χ1) is 10.7. The average Bonchev–Trinajstić information content (AvgIpc) is 2.64. The summed E-state index contributed by atoms with van der Waals surface area (Å²) in [5.74, 6) is 0.00152. The van der Waals surface area contributed by atoms with Gasteiger partial charge in [-0.05, 0) is 46.6 Å². The van der Waals surface area contributed by atoms with Crippen molar-refractivity contribution in [2.45, 2.75) is 64.1 Å². The minimum absolute atomic E-state index is 0.301. The number of methoxy groups -OCH3 is 1. The molecule has 1 aromatic heterocycles. The summed E-state index contributed by atoms with van der Waals surface area (Å²) in [6.45, 7) is 7.95. The zero-order chi connectivity index (χ0) is 16.8. The fourth-order valence-corrected chi connectivity index (χ4v) is 2.84. The lowest BCUT2D eigenvalue weighted by molar-refractivity contribution is 0.00578. The number of ether oxygens (including phenoxy) is 1. The number of nitrogens with zero attached hydrogens (tertiary/aromatic N) is 1. The van der Waals surface area contributed by atoms with E-state index in [0.717, 1.165) is 18.5 Å². The van der Waals surface area contributed by atoms with Crippen LogP contribution in [0.3, 0.4) is 0 Å². The monoisotopic (exact) mass is 317 g/mol. The van der Waals surface area contributed by atoms with Gasteiger partial charge in [-0.2, -0.15) is 0 Å². The second-order valence-corrected chi connectivity index (χ2v) is 7.38. The summed E-state index contributed by atoms with van der Waals surface area (Å²) in [5.41, 5.74) is 0.973. The van der Waals surface area contributed by atoms with Gasteiger partial charge in [0.15, 0.2) is 0 Å². The predicted octanol–water partition coefficient (Wildman–Crippen LogP) is 2.43. The Morgan fingerprint density at radius 1 is 1.22 bits per heavy atom. The lowest BCUT2D eigenvalue weighted by Gasteiger charge is -2.32. The van der Waals surface area contributed by atoms with E-state index in [2.05, 4.69) is 4.98 Å². The Labute approximate surface area is 137 Å². The maximum atomic E-state index is 12.2. The van der Waals surface area contributed by atoms with Crippen LogP contribution in [-0.2, 0) is 14.0 Å². The molecule has 0 bridgehead atoms. The van der Waals surface area contributed by atoms with E-state index in [0.29, 0.717) is 17.1 Å². The normalized spacial score (nSPS) is 22.7. The van der Waals surface area contributed by atoms with Gasteiger partial charge >= 0.3 is 13.1 Å². The Balaban J connectivity index is 1.97. The summed E-state index contributed by atoms with van der Waals surface area (Å²) in [4.78, 5) is 16.8. The molecule has 0 aromatic carbocycles. The molecule has 1 aromatic rings. The molecule has 0 N–H and O–H groups in total. The van der Waals surface area contributed by atoms with Crippen molar-refractivity contribution in [2.24, 2.45) is 0 Å². The molecule has 3 rings (SSSR count). The van der Waals surface area contributed by atoms with Gasteiger partial charge in [0.05, 0.1) is 18.3 Å². The van der Waals surface area contributed by atoms with Crippen molar-refractivity contribution in [3.63, 3.8) is 0 Å². The molecule has 0 atom stereocenters. The summed E-state index contributed by atoms with van der Waals surface area (Å²) in [7, 11) is 0.755. The molecule has 2 aliphatic rings. The van der Waals surface area contributed by atoms with E-state index in [-0.39, 0.29) is 0 Å². The third-order valence-electron chi connectivity index (χ3n) is 5.36. The van der Waals surface area contributed by atoms with Crippen molar-refractivity contribution >= 4 is 18.6 Å². The van der Waals surface area contributed by atoms with Gasteiger partial charge in [-0.3, -0.25) is 0 Å². The Kier molecular flexibility index (Phi) is 4.01. The Morgan fingerprint density at radius 2 is 1.83 bits per heavy atom. The number of pyridine rings is 1. The third kappa shape index (κ3) is 2.79. The van der Waals surface area contributed by atoms with Gasteiger partial charge in [-0.15, -0.1) is 0 Å². The van der Waals surface area contributed by atoms with Crippen LogP contribution in [0.2, 0.25) is 0 Å². The molecule has 124 valence electrons. The van der Waals surface area contributed by atoms with Crippen molar-refractivity contribution in [3.05, 3.63) is 23.5 Å². The zero-order valence-corrected chi connectivity index (χ0v) is 14.5. The molecular formula is C17H24BNO4. The lowest BCUT2D eigenvalue weighted by Crippen LogP contribution is -2.41. The van der Waals surface area contributed by atoms with E-state index in [9.17, 15) is 4.79 Å². The van der Waals surface area contributed by atoms with E-state index in [4.69, 9.17) is 14.0 Å². The van der Waals surface area contributed by atoms with Crippen molar-refractivity contribution in [1.82, 2.24) is 4.98 Å². The SMILES string of the molecule is COC(=O)c1nc(C2CCC2)ccc1B1OC(C)(C)C(C)(C)O1. The maximum absolute atomic E-state index is 12.2. The zero-order valence-electron chi connectivity index (χ0n) is 14.5. The topological polar surface area (TPSA) is 57.7 Å². The lowest BCUT2D eigenvalue weighted by atomic mass is 9.76. The van der Waals surface area contributed by atoms with Gasteiger partial charge < -0.3 is 14.0 Å². The second-order valence-electron chi connectivity index (χ2n) is 7.38. The van der Waals surface area contributed by atoms with Crippen LogP contribution in [0.15, 0.2) is 12.1 Å². The van der Waals surface area contributed by atoms with Crippen LogP contribution in [-0.4, -0.2) is 36.4 Å². The molecule has 0 unspecified atom stereocenters. The van der Waals surface area contributed by atoms with E-state index in [1.807, 2.05) is 39.8 Å². The predicted molar refractivity (Wildman–Crippen MR) is 87.9 cm³/mol. The molecule has 1 aliphatic heterocycles. The van der Waals surface area contributed by atoms with Crippen molar-refractivity contribution in [3.8, 4) is 0 Å². The quantitative estimate of drug-likeness (QED) is 0.633. The molecule has 0 amide bonds. The van der Waals surface area contributed by atoms with Crippen LogP contribution < -0.4 is 5.46 Å². The molecule has 2 heterocycles. The summed E-state index contributed by atoms with van der Waals surface area (Å²) in [6, 6.07) is 3.88. The summed E-state index contributed by atoms with van der Waals surface area (Å²) in [6.07, 6.45) is 3.48. The number of carbonyl (C=O) groups excluding carboxylic acids is 1. The molecule has 0 spiro atoms. The van der Waals surface area contributed by atoms with Gasteiger partial charge in [0.2, 0.25) is 0 Å². The van der Waals surface area contributed by atoms with Crippen LogP contribution in [0.25, 0.3) is 0 Å². The highest BCUT2D eigenvalue weighted by Crippen LogP contribution is 2.38. The van der Waals surface area contributed by atoms with Gasteiger partial charge in [-0.25, -0.2) is 9.78 Å². The van der Waals surface area contributed by atoms with Crippen molar-refractivity contribution in [1.29, 1.82) is 0 Å². The molecule has 6 heteroatoms. The summed E-state index contributed by atoms with van der Waals surface area (Å²) < 4.78 is 17.0. The number of rotatable bonds is 3. The Bertz CT molecular complexity index is 609. The molecule has 1 aliphatic carbocycles. The largest absolute Gasteiger partial charge is 0.497 e. The maximum Gasteiger partial charge on any atom is 0.497 e. The molecule has 2 fully saturated rings. The molecule has 1 saturated carbocycles. The van der Waals surface area contributed by atoms with E-state index in [1.165, 1.54) is 13.5 Å². The average molecular weight is 317 g/mol. The Morgan fingerprint density at radius 3 is 2.30 bits per heavy atom. The van der Waals surface area contributed by atoms with Crippen LogP contribution in [0.5, 0.6) is 0 Å². The van der Waals surface area contributed by atoms with Crippen molar-refractivity contribution < 1.29 is 18.8 Å². The molecular weight excluding hydrogens is 293 g/mol. The standard InChI is InChI=1S/C17H24BNO4/c1-16(2)17(3,4)23-18(22-16)12-9-10-13(11-7-6-8-11)19-14(12)15(20)21-5/h9-11H,6-8H2,1-5H3. The van der Waals surface area contributed by atoms with Crippen LogP contribution in [0.4, 0.5) is 0 Å². The number of hydrogen-bond donors (Lipinski definition) is 0.